The SMILES string of the molecule is FC(F)(F)c1ccc(Br)c(-c2ccon2)c1. The molecule has 0 amide bonds. The smallest absolute Gasteiger partial charge is 0.364 e. The van der Waals surface area contributed by atoms with Crippen molar-refractivity contribution in [1.29, 1.82) is 0 Å². The highest BCUT2D eigenvalue weighted by Gasteiger charge is 2.31. The molecule has 0 spiro atoms. The van der Waals surface area contributed by atoms with Gasteiger partial charge in [0, 0.05) is 16.1 Å². The van der Waals surface area contributed by atoms with Gasteiger partial charge in [-0.3, -0.25) is 0 Å². The summed E-state index contributed by atoms with van der Waals surface area (Å²) in [4.78, 5) is 0. The first-order valence-electron chi connectivity index (χ1n) is 4.26. The average molecular weight is 292 g/mol. The predicted octanol–water partition coefficient (Wildman–Crippen LogP) is 4.12. The summed E-state index contributed by atoms with van der Waals surface area (Å²) in [6.07, 6.45) is -3.05. The number of hydrogen-bond acceptors (Lipinski definition) is 2. The third-order valence-electron chi connectivity index (χ3n) is 2.01. The Hall–Kier alpha value is -1.30. The number of rotatable bonds is 1. The summed E-state index contributed by atoms with van der Waals surface area (Å²) < 4.78 is 42.6. The van der Waals surface area contributed by atoms with Crippen molar-refractivity contribution in [2.75, 3.05) is 0 Å². The van der Waals surface area contributed by atoms with Gasteiger partial charge in [0.05, 0.1) is 5.56 Å². The molecule has 2 nitrogen and oxygen atoms in total. The molecule has 2 aromatic rings. The van der Waals surface area contributed by atoms with E-state index in [1.54, 1.807) is 0 Å². The Morgan fingerprint density at radius 2 is 1.94 bits per heavy atom. The quantitative estimate of drug-likeness (QED) is 0.790. The fourth-order valence-electron chi connectivity index (χ4n) is 1.25. The molecule has 1 heterocycles. The Balaban J connectivity index is 2.54. The van der Waals surface area contributed by atoms with Crippen LogP contribution in [0.15, 0.2) is 39.5 Å². The summed E-state index contributed by atoms with van der Waals surface area (Å²) in [6.45, 7) is 0. The molecular weight excluding hydrogens is 287 g/mol. The molecule has 0 aliphatic heterocycles. The van der Waals surface area contributed by atoms with Gasteiger partial charge in [-0.1, -0.05) is 21.1 Å². The summed E-state index contributed by atoms with van der Waals surface area (Å²) in [5.41, 5.74) is -0.00440. The topological polar surface area (TPSA) is 26.0 Å². The summed E-state index contributed by atoms with van der Waals surface area (Å²) in [5, 5.41) is 3.60. The van der Waals surface area contributed by atoms with Gasteiger partial charge in [0.1, 0.15) is 12.0 Å². The maximum absolute atomic E-state index is 12.5. The normalized spacial score (nSPS) is 11.8. The Kier molecular flexibility index (Phi) is 2.75. The number of halogens is 4. The van der Waals surface area contributed by atoms with Gasteiger partial charge in [0.15, 0.2) is 0 Å². The minimum atomic E-state index is -4.36. The number of alkyl halides is 3. The van der Waals surface area contributed by atoms with Crippen LogP contribution < -0.4 is 0 Å². The van der Waals surface area contributed by atoms with Crippen LogP contribution in [0.2, 0.25) is 0 Å². The van der Waals surface area contributed by atoms with Crippen LogP contribution >= 0.6 is 15.9 Å². The third kappa shape index (κ3) is 2.11. The van der Waals surface area contributed by atoms with Crippen LogP contribution in [0.25, 0.3) is 11.3 Å². The lowest BCUT2D eigenvalue weighted by Gasteiger charge is -2.08. The van der Waals surface area contributed by atoms with Crippen molar-refractivity contribution in [2.24, 2.45) is 0 Å². The van der Waals surface area contributed by atoms with Gasteiger partial charge >= 0.3 is 6.18 Å². The van der Waals surface area contributed by atoms with Crippen LogP contribution in [-0.4, -0.2) is 5.16 Å². The zero-order valence-electron chi connectivity index (χ0n) is 7.75. The van der Waals surface area contributed by atoms with Gasteiger partial charge in [0.2, 0.25) is 0 Å². The highest BCUT2D eigenvalue weighted by molar-refractivity contribution is 9.10. The minimum absolute atomic E-state index is 0.351. The number of benzene rings is 1. The van der Waals surface area contributed by atoms with Crippen LogP contribution in [-0.2, 0) is 6.18 Å². The standard InChI is InChI=1S/C10H5BrF3NO/c11-8-2-1-6(10(12,13)14)5-7(8)9-3-4-16-15-9/h1-5H. The lowest BCUT2D eigenvalue weighted by Crippen LogP contribution is -2.04. The summed E-state index contributed by atoms with van der Waals surface area (Å²) >= 11 is 3.17. The lowest BCUT2D eigenvalue weighted by atomic mass is 10.1. The van der Waals surface area contributed by atoms with Crippen LogP contribution in [0.3, 0.4) is 0 Å². The molecule has 1 aromatic heterocycles. The van der Waals surface area contributed by atoms with Crippen molar-refractivity contribution in [1.82, 2.24) is 5.16 Å². The van der Waals surface area contributed by atoms with E-state index in [-0.39, 0.29) is 0 Å². The molecule has 0 radical (unpaired) electrons. The minimum Gasteiger partial charge on any atom is -0.364 e. The van der Waals surface area contributed by atoms with Crippen molar-refractivity contribution in [3.63, 3.8) is 0 Å². The Morgan fingerprint density at radius 1 is 1.19 bits per heavy atom. The van der Waals surface area contributed by atoms with Crippen molar-refractivity contribution < 1.29 is 17.7 Å². The maximum Gasteiger partial charge on any atom is 0.416 e. The average Bonchev–Trinajstić information content (AvgIpc) is 2.69. The van der Waals surface area contributed by atoms with Crippen molar-refractivity contribution in [3.05, 3.63) is 40.6 Å². The number of hydrogen-bond donors (Lipinski definition) is 0. The maximum atomic E-state index is 12.5. The molecule has 0 aliphatic rings. The molecule has 0 saturated carbocycles. The molecule has 0 bridgehead atoms. The second-order valence-corrected chi connectivity index (χ2v) is 3.93. The van der Waals surface area contributed by atoms with E-state index in [9.17, 15) is 13.2 Å². The summed E-state index contributed by atoms with van der Waals surface area (Å²) in [6, 6.07) is 4.88. The highest BCUT2D eigenvalue weighted by atomic mass is 79.9. The zero-order valence-corrected chi connectivity index (χ0v) is 9.34. The predicted molar refractivity (Wildman–Crippen MR) is 54.6 cm³/mol. The first-order chi connectivity index (χ1) is 7.48. The van der Waals surface area contributed by atoms with E-state index in [1.807, 2.05) is 0 Å². The third-order valence-corrected chi connectivity index (χ3v) is 2.70. The van der Waals surface area contributed by atoms with Crippen LogP contribution in [0.5, 0.6) is 0 Å². The van der Waals surface area contributed by atoms with Crippen LogP contribution in [0.4, 0.5) is 13.2 Å². The van der Waals surface area contributed by atoms with E-state index in [1.165, 1.54) is 18.4 Å². The first-order valence-corrected chi connectivity index (χ1v) is 5.05. The molecule has 2 rings (SSSR count). The van der Waals surface area contributed by atoms with Crippen molar-refractivity contribution >= 4 is 15.9 Å². The van der Waals surface area contributed by atoms with Gasteiger partial charge in [-0.05, 0) is 18.2 Å². The highest BCUT2D eigenvalue weighted by Crippen LogP contribution is 2.35. The van der Waals surface area contributed by atoms with Gasteiger partial charge in [-0.2, -0.15) is 13.2 Å². The fraction of sp³-hybridized carbons (Fsp3) is 0.100. The van der Waals surface area contributed by atoms with E-state index in [2.05, 4.69) is 25.6 Å². The Bertz CT molecular complexity index is 493. The number of nitrogens with zero attached hydrogens (tertiary/aromatic N) is 1. The first kappa shape index (κ1) is 11.2. The van der Waals surface area contributed by atoms with E-state index in [0.717, 1.165) is 12.1 Å². The summed E-state index contributed by atoms with van der Waals surface area (Å²) in [5.74, 6) is 0. The van der Waals surface area contributed by atoms with Gasteiger partial charge in [0.25, 0.3) is 0 Å². The summed E-state index contributed by atoms with van der Waals surface area (Å²) in [7, 11) is 0. The van der Waals surface area contributed by atoms with E-state index in [0.29, 0.717) is 15.7 Å². The molecule has 0 fully saturated rings. The molecule has 84 valence electrons. The molecule has 16 heavy (non-hydrogen) atoms. The zero-order chi connectivity index (χ0) is 11.8. The fourth-order valence-corrected chi connectivity index (χ4v) is 1.70. The lowest BCUT2D eigenvalue weighted by molar-refractivity contribution is -0.137. The molecule has 6 heteroatoms. The molecule has 0 aliphatic carbocycles. The monoisotopic (exact) mass is 291 g/mol. The molecule has 0 saturated heterocycles. The van der Waals surface area contributed by atoms with E-state index < -0.39 is 11.7 Å². The second kappa shape index (κ2) is 3.93. The van der Waals surface area contributed by atoms with E-state index >= 15 is 0 Å². The number of aromatic nitrogens is 1. The molecule has 0 atom stereocenters. The van der Waals surface area contributed by atoms with Crippen LogP contribution in [0, 0.1) is 0 Å². The largest absolute Gasteiger partial charge is 0.416 e. The van der Waals surface area contributed by atoms with E-state index in [4.69, 9.17) is 0 Å². The second-order valence-electron chi connectivity index (χ2n) is 3.08. The molecular formula is C10H5BrF3NO. The van der Waals surface area contributed by atoms with Crippen molar-refractivity contribution in [3.8, 4) is 11.3 Å². The van der Waals surface area contributed by atoms with Crippen LogP contribution in [0.1, 0.15) is 5.56 Å². The molecule has 0 unspecified atom stereocenters. The molecule has 0 N–H and O–H groups in total. The molecule has 1 aromatic carbocycles. The van der Waals surface area contributed by atoms with Gasteiger partial charge in [-0.15, -0.1) is 0 Å². The Labute approximate surface area is 97.2 Å². The van der Waals surface area contributed by atoms with Gasteiger partial charge in [-0.25, -0.2) is 0 Å². The Morgan fingerprint density at radius 3 is 2.50 bits per heavy atom. The van der Waals surface area contributed by atoms with Gasteiger partial charge < -0.3 is 4.52 Å². The van der Waals surface area contributed by atoms with Crippen molar-refractivity contribution in [2.45, 2.75) is 6.18 Å².